The molecule has 34 heavy (non-hydrogen) atoms. The Balaban J connectivity index is 1.36. The molecular formula is C29H39N3O2. The molecule has 0 unspecified atom stereocenters. The average molecular weight is 462 g/mol. The van der Waals surface area contributed by atoms with E-state index in [1.54, 1.807) is 0 Å². The minimum atomic E-state index is 0.0587. The van der Waals surface area contributed by atoms with E-state index in [2.05, 4.69) is 41.4 Å². The molecule has 1 saturated carbocycles. The molecule has 0 atom stereocenters. The van der Waals surface area contributed by atoms with Crippen LogP contribution in [-0.2, 0) is 22.6 Å². The summed E-state index contributed by atoms with van der Waals surface area (Å²) in [6.45, 7) is 6.59. The van der Waals surface area contributed by atoms with Crippen molar-refractivity contribution >= 4 is 17.5 Å². The second kappa shape index (κ2) is 12.2. The van der Waals surface area contributed by atoms with Crippen LogP contribution in [0.15, 0.2) is 48.5 Å². The number of carbonyl (C=O) groups is 2. The molecule has 2 aromatic rings. The van der Waals surface area contributed by atoms with Crippen LogP contribution in [0.3, 0.4) is 0 Å². The SMILES string of the molecule is Cc1cccc(CN(C(=O)C2CCCC2)c2ccc(CC(=O)NCCN3CCCCC3)cc2)c1. The van der Waals surface area contributed by atoms with Gasteiger partial charge < -0.3 is 15.1 Å². The number of rotatable bonds is 9. The van der Waals surface area contributed by atoms with Crippen LogP contribution in [0.2, 0.25) is 0 Å². The van der Waals surface area contributed by atoms with Crippen LogP contribution in [0.5, 0.6) is 0 Å². The number of piperidine rings is 1. The lowest BCUT2D eigenvalue weighted by Gasteiger charge is -2.26. The molecular weight excluding hydrogens is 422 g/mol. The zero-order chi connectivity index (χ0) is 23.8. The lowest BCUT2D eigenvalue weighted by molar-refractivity contribution is -0.122. The van der Waals surface area contributed by atoms with E-state index in [1.807, 2.05) is 29.2 Å². The fourth-order valence-corrected chi connectivity index (χ4v) is 5.26. The van der Waals surface area contributed by atoms with Crippen LogP contribution >= 0.6 is 0 Å². The van der Waals surface area contributed by atoms with Crippen LogP contribution in [0.4, 0.5) is 5.69 Å². The van der Waals surface area contributed by atoms with E-state index < -0.39 is 0 Å². The number of aryl methyl sites for hydroxylation is 1. The molecule has 0 spiro atoms. The molecule has 5 heteroatoms. The van der Waals surface area contributed by atoms with E-state index in [4.69, 9.17) is 0 Å². The fraction of sp³-hybridized carbons (Fsp3) is 0.517. The molecule has 1 saturated heterocycles. The third kappa shape index (κ3) is 6.92. The van der Waals surface area contributed by atoms with Gasteiger partial charge in [0.05, 0.1) is 13.0 Å². The molecule has 0 bridgehead atoms. The molecule has 0 aromatic heterocycles. The molecule has 1 N–H and O–H groups in total. The number of hydrogen-bond donors (Lipinski definition) is 1. The van der Waals surface area contributed by atoms with Gasteiger partial charge in [-0.25, -0.2) is 0 Å². The molecule has 0 radical (unpaired) electrons. The molecule has 1 aliphatic carbocycles. The smallest absolute Gasteiger partial charge is 0.230 e. The summed E-state index contributed by atoms with van der Waals surface area (Å²) in [7, 11) is 0. The monoisotopic (exact) mass is 461 g/mol. The Labute approximate surface area is 204 Å². The number of likely N-dealkylation sites (tertiary alicyclic amines) is 1. The van der Waals surface area contributed by atoms with Gasteiger partial charge in [-0.05, 0) is 69.0 Å². The van der Waals surface area contributed by atoms with Crippen molar-refractivity contribution < 1.29 is 9.59 Å². The van der Waals surface area contributed by atoms with Crippen molar-refractivity contribution in [3.05, 3.63) is 65.2 Å². The topological polar surface area (TPSA) is 52.7 Å². The lowest BCUT2D eigenvalue weighted by Crippen LogP contribution is -2.38. The van der Waals surface area contributed by atoms with Crippen molar-refractivity contribution in [2.24, 2.45) is 5.92 Å². The van der Waals surface area contributed by atoms with Crippen LogP contribution in [-0.4, -0.2) is 42.9 Å². The average Bonchev–Trinajstić information content (AvgIpc) is 3.39. The maximum absolute atomic E-state index is 13.4. The summed E-state index contributed by atoms with van der Waals surface area (Å²) in [5.41, 5.74) is 4.23. The van der Waals surface area contributed by atoms with E-state index >= 15 is 0 Å². The van der Waals surface area contributed by atoms with Crippen LogP contribution < -0.4 is 10.2 Å². The highest BCUT2D eigenvalue weighted by Gasteiger charge is 2.28. The number of anilines is 1. The van der Waals surface area contributed by atoms with Crippen LogP contribution in [0.25, 0.3) is 0 Å². The summed E-state index contributed by atoms with van der Waals surface area (Å²) in [6, 6.07) is 16.4. The van der Waals surface area contributed by atoms with E-state index in [0.29, 0.717) is 19.5 Å². The molecule has 2 aliphatic rings. The Hall–Kier alpha value is -2.66. The van der Waals surface area contributed by atoms with E-state index in [9.17, 15) is 9.59 Å². The molecule has 182 valence electrons. The quantitative estimate of drug-likeness (QED) is 0.580. The van der Waals surface area contributed by atoms with Crippen molar-refractivity contribution in [2.45, 2.75) is 64.8 Å². The number of nitrogens with one attached hydrogen (secondary N) is 1. The first-order valence-electron chi connectivity index (χ1n) is 13.0. The van der Waals surface area contributed by atoms with Gasteiger partial charge in [-0.2, -0.15) is 0 Å². The zero-order valence-corrected chi connectivity index (χ0v) is 20.6. The largest absolute Gasteiger partial charge is 0.355 e. The summed E-state index contributed by atoms with van der Waals surface area (Å²) in [4.78, 5) is 30.2. The van der Waals surface area contributed by atoms with Gasteiger partial charge in [0.2, 0.25) is 11.8 Å². The standard InChI is InChI=1S/C29H39N3O2/c1-23-8-7-9-25(20-23)22-32(29(34)26-10-3-4-11-26)27-14-12-24(13-15-27)21-28(33)30-16-19-31-17-5-2-6-18-31/h7-9,12-15,20,26H,2-6,10-11,16-19,21-22H2,1H3,(H,30,33). The van der Waals surface area contributed by atoms with Gasteiger partial charge in [0, 0.05) is 24.7 Å². The van der Waals surface area contributed by atoms with Crippen LogP contribution in [0, 0.1) is 12.8 Å². The highest BCUT2D eigenvalue weighted by molar-refractivity contribution is 5.95. The first kappa shape index (κ1) is 24.5. The number of benzene rings is 2. The summed E-state index contributed by atoms with van der Waals surface area (Å²) in [6.07, 6.45) is 8.48. The zero-order valence-electron chi connectivity index (χ0n) is 20.6. The Bertz CT molecular complexity index is 944. The minimum Gasteiger partial charge on any atom is -0.355 e. The van der Waals surface area contributed by atoms with Crippen molar-refractivity contribution in [3.8, 4) is 0 Å². The maximum Gasteiger partial charge on any atom is 0.230 e. The predicted molar refractivity (Wildman–Crippen MR) is 138 cm³/mol. The number of carbonyl (C=O) groups excluding carboxylic acids is 2. The molecule has 4 rings (SSSR count). The molecule has 5 nitrogen and oxygen atoms in total. The van der Waals surface area contributed by atoms with E-state index in [0.717, 1.165) is 62.1 Å². The molecule has 1 heterocycles. The van der Waals surface area contributed by atoms with Gasteiger partial charge in [-0.15, -0.1) is 0 Å². The van der Waals surface area contributed by atoms with Crippen molar-refractivity contribution in [3.63, 3.8) is 0 Å². The summed E-state index contributed by atoms with van der Waals surface area (Å²) >= 11 is 0. The van der Waals surface area contributed by atoms with Crippen molar-refractivity contribution in [1.29, 1.82) is 0 Å². The lowest BCUT2D eigenvalue weighted by atomic mass is 10.0. The summed E-state index contributed by atoms with van der Waals surface area (Å²) < 4.78 is 0. The van der Waals surface area contributed by atoms with E-state index in [-0.39, 0.29) is 17.7 Å². The molecule has 2 fully saturated rings. The first-order chi connectivity index (χ1) is 16.6. The van der Waals surface area contributed by atoms with Crippen LogP contribution in [0.1, 0.15) is 61.6 Å². The molecule has 2 amide bonds. The normalized spacial score (nSPS) is 17.0. The Morgan fingerprint density at radius 3 is 2.38 bits per heavy atom. The third-order valence-corrected chi connectivity index (χ3v) is 7.21. The highest BCUT2D eigenvalue weighted by Crippen LogP contribution is 2.30. The Kier molecular flexibility index (Phi) is 8.75. The second-order valence-electron chi connectivity index (χ2n) is 9.99. The molecule has 2 aromatic carbocycles. The fourth-order valence-electron chi connectivity index (χ4n) is 5.26. The Morgan fingerprint density at radius 2 is 1.68 bits per heavy atom. The van der Waals surface area contributed by atoms with Gasteiger partial charge in [-0.3, -0.25) is 9.59 Å². The predicted octanol–water partition coefficient (Wildman–Crippen LogP) is 4.86. The van der Waals surface area contributed by atoms with Gasteiger partial charge in [-0.1, -0.05) is 61.2 Å². The van der Waals surface area contributed by atoms with Crippen molar-refractivity contribution in [1.82, 2.24) is 10.2 Å². The van der Waals surface area contributed by atoms with Gasteiger partial charge in [0.25, 0.3) is 0 Å². The number of nitrogens with zero attached hydrogens (tertiary/aromatic N) is 2. The summed E-state index contributed by atoms with van der Waals surface area (Å²) in [5, 5.41) is 3.06. The van der Waals surface area contributed by atoms with Crippen molar-refractivity contribution in [2.75, 3.05) is 31.1 Å². The van der Waals surface area contributed by atoms with E-state index in [1.165, 1.54) is 24.8 Å². The Morgan fingerprint density at radius 1 is 0.941 bits per heavy atom. The molecule has 1 aliphatic heterocycles. The maximum atomic E-state index is 13.4. The van der Waals surface area contributed by atoms with Gasteiger partial charge in [0.15, 0.2) is 0 Å². The van der Waals surface area contributed by atoms with Gasteiger partial charge >= 0.3 is 0 Å². The first-order valence-corrected chi connectivity index (χ1v) is 13.0. The van der Waals surface area contributed by atoms with Gasteiger partial charge in [0.1, 0.15) is 0 Å². The third-order valence-electron chi connectivity index (χ3n) is 7.21. The number of amides is 2. The number of hydrogen-bond acceptors (Lipinski definition) is 3. The summed E-state index contributed by atoms with van der Waals surface area (Å²) in [5.74, 6) is 0.404. The second-order valence-corrected chi connectivity index (χ2v) is 9.99. The highest BCUT2D eigenvalue weighted by atomic mass is 16.2. The minimum absolute atomic E-state index is 0.0587.